The van der Waals surface area contributed by atoms with Crippen molar-refractivity contribution < 1.29 is 9.90 Å². The molecule has 5 heteroatoms. The van der Waals surface area contributed by atoms with E-state index in [1.165, 1.54) is 12.8 Å². The Morgan fingerprint density at radius 2 is 2.28 bits per heavy atom. The summed E-state index contributed by atoms with van der Waals surface area (Å²) in [5.74, 6) is -0.547. The number of likely N-dealkylation sites (tertiary alicyclic amines) is 1. The number of hydrogen-bond donors (Lipinski definition) is 2. The Hall–Kier alpha value is -0.545. The minimum absolute atomic E-state index is 0.196. The second-order valence-corrected chi connectivity index (χ2v) is 5.59. The van der Waals surface area contributed by atoms with Crippen molar-refractivity contribution in [2.75, 3.05) is 26.2 Å². The van der Waals surface area contributed by atoms with Crippen molar-refractivity contribution in [1.82, 2.24) is 10.2 Å². The molecule has 4 nitrogen and oxygen atoms in total. The summed E-state index contributed by atoms with van der Waals surface area (Å²) >= 11 is 0. The maximum Gasteiger partial charge on any atom is 0.308 e. The molecule has 0 bridgehead atoms. The third-order valence-corrected chi connectivity index (χ3v) is 4.35. The van der Waals surface area contributed by atoms with Crippen LogP contribution in [0.4, 0.5) is 0 Å². The van der Waals surface area contributed by atoms with Crippen LogP contribution in [0.3, 0.4) is 0 Å². The third-order valence-electron chi connectivity index (χ3n) is 4.35. The van der Waals surface area contributed by atoms with Crippen molar-refractivity contribution in [2.45, 2.75) is 38.0 Å². The first-order chi connectivity index (χ1) is 8.72. The maximum absolute atomic E-state index is 11.3. The molecule has 0 saturated carbocycles. The van der Waals surface area contributed by atoms with Crippen LogP contribution in [0.5, 0.6) is 0 Å². The SMILES string of the molecule is [B]CCC[C@H]1CN(C2CCCNC2)C[C@H]1C(=O)O. The molecule has 0 aromatic carbocycles. The second kappa shape index (κ2) is 6.57. The highest BCUT2D eigenvalue weighted by molar-refractivity contribution is 6.08. The first-order valence-electron chi connectivity index (χ1n) is 7.10. The van der Waals surface area contributed by atoms with Crippen LogP contribution < -0.4 is 5.32 Å². The van der Waals surface area contributed by atoms with E-state index in [2.05, 4.69) is 10.2 Å². The molecule has 0 aromatic rings. The highest BCUT2D eigenvalue weighted by atomic mass is 16.4. The zero-order valence-electron chi connectivity index (χ0n) is 11.0. The molecule has 2 fully saturated rings. The Morgan fingerprint density at radius 1 is 1.44 bits per heavy atom. The van der Waals surface area contributed by atoms with Crippen LogP contribution in [0, 0.1) is 11.8 Å². The number of hydrogen-bond acceptors (Lipinski definition) is 3. The van der Waals surface area contributed by atoms with Crippen LogP contribution in [0.15, 0.2) is 0 Å². The van der Waals surface area contributed by atoms with E-state index in [0.29, 0.717) is 12.4 Å². The van der Waals surface area contributed by atoms with E-state index in [4.69, 9.17) is 7.85 Å². The lowest BCUT2D eigenvalue weighted by Gasteiger charge is -2.31. The second-order valence-electron chi connectivity index (χ2n) is 5.59. The van der Waals surface area contributed by atoms with Gasteiger partial charge in [-0.05, 0) is 31.7 Å². The van der Waals surface area contributed by atoms with Gasteiger partial charge in [0.1, 0.15) is 0 Å². The number of aliphatic carboxylic acids is 1. The summed E-state index contributed by atoms with van der Waals surface area (Å²) in [5.41, 5.74) is 0. The average molecular weight is 250 g/mol. The van der Waals surface area contributed by atoms with Crippen molar-refractivity contribution in [3.05, 3.63) is 0 Å². The molecule has 0 amide bonds. The summed E-state index contributed by atoms with van der Waals surface area (Å²) in [6.45, 7) is 3.76. The number of carboxylic acid groups (broad SMARTS) is 1. The van der Waals surface area contributed by atoms with Crippen LogP contribution in [-0.4, -0.2) is 56.0 Å². The zero-order chi connectivity index (χ0) is 13.0. The molecule has 1 unspecified atom stereocenters. The van der Waals surface area contributed by atoms with Gasteiger partial charge in [-0.15, -0.1) is 0 Å². The molecule has 0 aromatic heterocycles. The normalized spacial score (nSPS) is 33.7. The molecule has 2 heterocycles. The Kier molecular flexibility index (Phi) is 5.07. The number of rotatable bonds is 5. The number of carboxylic acids is 1. The maximum atomic E-state index is 11.3. The number of nitrogens with zero attached hydrogens (tertiary/aromatic N) is 1. The third kappa shape index (κ3) is 3.26. The van der Waals surface area contributed by atoms with Gasteiger partial charge < -0.3 is 10.4 Å². The molecule has 2 saturated heterocycles. The van der Waals surface area contributed by atoms with Crippen LogP contribution >= 0.6 is 0 Å². The van der Waals surface area contributed by atoms with E-state index in [1.807, 2.05) is 0 Å². The van der Waals surface area contributed by atoms with Crippen LogP contribution in [-0.2, 0) is 4.79 Å². The fraction of sp³-hybridized carbons (Fsp3) is 0.923. The Morgan fingerprint density at radius 3 is 2.89 bits per heavy atom. The minimum atomic E-state index is -0.636. The number of carbonyl (C=O) groups is 1. The molecule has 100 valence electrons. The highest BCUT2D eigenvalue weighted by Gasteiger charge is 2.39. The van der Waals surface area contributed by atoms with Gasteiger partial charge >= 0.3 is 5.97 Å². The van der Waals surface area contributed by atoms with E-state index in [1.54, 1.807) is 0 Å². The molecule has 2 rings (SSSR count). The van der Waals surface area contributed by atoms with Gasteiger partial charge in [-0.25, -0.2) is 0 Å². The highest BCUT2D eigenvalue weighted by Crippen LogP contribution is 2.30. The van der Waals surface area contributed by atoms with Crippen LogP contribution in [0.1, 0.15) is 25.7 Å². The minimum Gasteiger partial charge on any atom is -0.481 e. The van der Waals surface area contributed by atoms with Gasteiger partial charge in [0.25, 0.3) is 0 Å². The Balaban J connectivity index is 1.92. The molecule has 2 aliphatic heterocycles. The molecule has 2 radical (unpaired) electrons. The first-order valence-corrected chi connectivity index (χ1v) is 7.10. The summed E-state index contributed by atoms with van der Waals surface area (Å²) < 4.78 is 0. The summed E-state index contributed by atoms with van der Waals surface area (Å²) in [4.78, 5) is 13.7. The largest absolute Gasteiger partial charge is 0.481 e. The molecule has 0 spiro atoms. The van der Waals surface area contributed by atoms with Gasteiger partial charge in [-0.1, -0.05) is 12.7 Å². The van der Waals surface area contributed by atoms with E-state index < -0.39 is 5.97 Å². The van der Waals surface area contributed by atoms with Crippen molar-refractivity contribution >= 4 is 13.8 Å². The summed E-state index contributed by atoms with van der Waals surface area (Å²) in [5, 5.41) is 12.7. The van der Waals surface area contributed by atoms with E-state index >= 15 is 0 Å². The molecule has 2 N–H and O–H groups in total. The van der Waals surface area contributed by atoms with Gasteiger partial charge in [0.2, 0.25) is 0 Å². The fourth-order valence-corrected chi connectivity index (χ4v) is 3.30. The van der Waals surface area contributed by atoms with Crippen molar-refractivity contribution in [2.24, 2.45) is 11.8 Å². The smallest absolute Gasteiger partial charge is 0.308 e. The van der Waals surface area contributed by atoms with E-state index in [9.17, 15) is 9.90 Å². The first kappa shape index (κ1) is 13.9. The predicted molar refractivity (Wildman–Crippen MR) is 71.9 cm³/mol. The van der Waals surface area contributed by atoms with Gasteiger partial charge in [-0.2, -0.15) is 0 Å². The quantitative estimate of drug-likeness (QED) is 0.706. The topological polar surface area (TPSA) is 52.6 Å². The zero-order valence-corrected chi connectivity index (χ0v) is 11.0. The Labute approximate surface area is 111 Å². The number of piperidine rings is 1. The summed E-state index contributed by atoms with van der Waals surface area (Å²) in [6.07, 6.45) is 4.94. The lowest BCUT2D eigenvalue weighted by Crippen LogP contribution is -2.45. The van der Waals surface area contributed by atoms with Gasteiger partial charge in [-0.3, -0.25) is 9.69 Å². The predicted octanol–water partition coefficient (Wildman–Crippen LogP) is 0.738. The Bertz CT molecular complexity index is 282. The van der Waals surface area contributed by atoms with Crippen LogP contribution in [0.25, 0.3) is 0 Å². The molecule has 3 atom stereocenters. The number of nitrogens with one attached hydrogen (secondary N) is 1. The molecule has 18 heavy (non-hydrogen) atoms. The molecule has 2 aliphatic rings. The van der Waals surface area contributed by atoms with E-state index in [0.717, 1.165) is 39.0 Å². The molecular weight excluding hydrogens is 227 g/mol. The molecular formula is C13H23BN2O2. The summed E-state index contributed by atoms with van der Waals surface area (Å²) in [6, 6.07) is 0.531. The lowest BCUT2D eigenvalue weighted by atomic mass is 9.88. The van der Waals surface area contributed by atoms with Crippen molar-refractivity contribution in [3.63, 3.8) is 0 Å². The van der Waals surface area contributed by atoms with Gasteiger partial charge in [0, 0.05) is 25.7 Å². The van der Waals surface area contributed by atoms with Crippen LogP contribution in [0.2, 0.25) is 6.32 Å². The van der Waals surface area contributed by atoms with Gasteiger partial charge in [0.15, 0.2) is 0 Å². The fourth-order valence-electron chi connectivity index (χ4n) is 3.30. The monoisotopic (exact) mass is 250 g/mol. The standard InChI is InChI=1S/C13H23BN2O2/c14-5-1-3-10-8-16(9-12(10)13(17)18)11-4-2-6-15-7-11/h10-12,15H,1-9H2,(H,17,18)/t10-,11?,12+/m0/s1. The van der Waals surface area contributed by atoms with Crippen molar-refractivity contribution in [1.29, 1.82) is 0 Å². The van der Waals surface area contributed by atoms with E-state index in [-0.39, 0.29) is 11.8 Å². The average Bonchev–Trinajstić information content (AvgIpc) is 2.81. The lowest BCUT2D eigenvalue weighted by molar-refractivity contribution is -0.142. The van der Waals surface area contributed by atoms with Crippen molar-refractivity contribution in [3.8, 4) is 0 Å². The summed E-state index contributed by atoms with van der Waals surface area (Å²) in [7, 11) is 5.53. The van der Waals surface area contributed by atoms with Gasteiger partial charge in [0.05, 0.1) is 13.8 Å². The molecule has 0 aliphatic carbocycles.